The van der Waals surface area contributed by atoms with Gasteiger partial charge in [-0.15, -0.1) is 0 Å². The molecule has 0 aliphatic carbocycles. The van der Waals surface area contributed by atoms with Gasteiger partial charge >= 0.3 is 0 Å². The smallest absolute Gasteiger partial charge is 0.248 e. The molecular weight excluding hydrogens is 448 g/mol. The van der Waals surface area contributed by atoms with Gasteiger partial charge in [0.15, 0.2) is 26.1 Å². The van der Waals surface area contributed by atoms with E-state index in [9.17, 15) is 13.2 Å². The number of aryl methyl sites for hydroxylation is 1. The van der Waals surface area contributed by atoms with Gasteiger partial charge in [0.1, 0.15) is 0 Å². The predicted octanol–water partition coefficient (Wildman–Crippen LogP) is 3.59. The van der Waals surface area contributed by atoms with Crippen LogP contribution in [0.25, 0.3) is 10.2 Å². The minimum atomic E-state index is -3.47. The van der Waals surface area contributed by atoms with Gasteiger partial charge < -0.3 is 14.0 Å². The SMILES string of the molecule is COc1cc2sc(=NC(=O)CCCS(=O)(=O)c3ccc(Cl)cc3)n(C)c2cc1OC. The molecule has 3 rings (SSSR count). The van der Waals surface area contributed by atoms with E-state index >= 15 is 0 Å². The monoisotopic (exact) mass is 468 g/mol. The molecule has 3 aromatic rings. The number of methoxy groups -OCH3 is 2. The number of aromatic nitrogens is 1. The second-order valence-corrected chi connectivity index (χ2v) is 10.1. The van der Waals surface area contributed by atoms with E-state index in [1.54, 1.807) is 18.8 Å². The minimum Gasteiger partial charge on any atom is -0.493 e. The molecule has 0 bridgehead atoms. The number of rotatable bonds is 7. The molecular formula is C20H21ClN2O5S2. The van der Waals surface area contributed by atoms with Crippen molar-refractivity contribution in [3.05, 3.63) is 46.2 Å². The lowest BCUT2D eigenvalue weighted by atomic mass is 10.3. The summed E-state index contributed by atoms with van der Waals surface area (Å²) in [6, 6.07) is 9.64. The highest BCUT2D eigenvalue weighted by molar-refractivity contribution is 7.91. The second-order valence-electron chi connectivity index (χ2n) is 6.50. The summed E-state index contributed by atoms with van der Waals surface area (Å²) in [5.74, 6) is 0.672. The molecule has 1 heterocycles. The molecule has 0 unspecified atom stereocenters. The van der Waals surface area contributed by atoms with Crippen LogP contribution >= 0.6 is 22.9 Å². The molecule has 0 saturated heterocycles. The molecule has 0 radical (unpaired) electrons. The molecule has 0 saturated carbocycles. The van der Waals surface area contributed by atoms with Crippen molar-refractivity contribution in [2.45, 2.75) is 17.7 Å². The first-order valence-electron chi connectivity index (χ1n) is 9.02. The number of amides is 1. The normalized spacial score (nSPS) is 12.3. The maximum atomic E-state index is 12.4. The van der Waals surface area contributed by atoms with E-state index in [-0.39, 0.29) is 29.4 Å². The third-order valence-corrected chi connectivity index (χ3v) is 7.67. The Hall–Kier alpha value is -2.36. The Kier molecular flexibility index (Phi) is 6.84. The van der Waals surface area contributed by atoms with Crippen molar-refractivity contribution in [3.8, 4) is 11.5 Å². The van der Waals surface area contributed by atoms with Crippen LogP contribution in [0.4, 0.5) is 0 Å². The number of thiazole rings is 1. The van der Waals surface area contributed by atoms with E-state index in [0.29, 0.717) is 21.3 Å². The average Bonchev–Trinajstić information content (AvgIpc) is 3.01. The predicted molar refractivity (Wildman–Crippen MR) is 117 cm³/mol. The summed E-state index contributed by atoms with van der Waals surface area (Å²) < 4.78 is 38.1. The Morgan fingerprint density at radius 2 is 1.77 bits per heavy atom. The van der Waals surface area contributed by atoms with E-state index in [1.807, 2.05) is 19.2 Å². The van der Waals surface area contributed by atoms with Gasteiger partial charge in [-0.3, -0.25) is 4.79 Å². The van der Waals surface area contributed by atoms with Crippen LogP contribution in [0.15, 0.2) is 46.3 Å². The summed E-state index contributed by atoms with van der Waals surface area (Å²) in [6.45, 7) is 0. The van der Waals surface area contributed by atoms with Crippen molar-refractivity contribution in [3.63, 3.8) is 0 Å². The highest BCUT2D eigenvalue weighted by atomic mass is 35.5. The first kappa shape index (κ1) is 22.3. The number of sulfone groups is 1. The van der Waals surface area contributed by atoms with Gasteiger partial charge in [-0.25, -0.2) is 8.42 Å². The number of nitrogens with zero attached hydrogens (tertiary/aromatic N) is 2. The first-order chi connectivity index (χ1) is 14.2. The van der Waals surface area contributed by atoms with Crippen molar-refractivity contribution >= 4 is 48.9 Å². The lowest BCUT2D eigenvalue weighted by Crippen LogP contribution is -2.14. The molecule has 160 valence electrons. The Labute approximate surface area is 183 Å². The lowest BCUT2D eigenvalue weighted by Gasteiger charge is -2.07. The maximum absolute atomic E-state index is 12.4. The molecule has 30 heavy (non-hydrogen) atoms. The minimum absolute atomic E-state index is 0.0354. The summed E-state index contributed by atoms with van der Waals surface area (Å²) in [6.07, 6.45) is 0.219. The number of benzene rings is 2. The Balaban J connectivity index is 1.74. The van der Waals surface area contributed by atoms with Gasteiger partial charge in [0.05, 0.1) is 35.1 Å². The van der Waals surface area contributed by atoms with Crippen LogP contribution < -0.4 is 14.3 Å². The molecule has 2 aromatic carbocycles. The van der Waals surface area contributed by atoms with Crippen LogP contribution in [0.1, 0.15) is 12.8 Å². The van der Waals surface area contributed by atoms with Crippen molar-refractivity contribution in [1.82, 2.24) is 4.57 Å². The largest absolute Gasteiger partial charge is 0.493 e. The second kappa shape index (κ2) is 9.20. The van der Waals surface area contributed by atoms with Crippen molar-refractivity contribution in [1.29, 1.82) is 0 Å². The average molecular weight is 469 g/mol. The van der Waals surface area contributed by atoms with E-state index in [1.165, 1.54) is 35.6 Å². The number of hydrogen-bond acceptors (Lipinski definition) is 6. The van der Waals surface area contributed by atoms with Gasteiger partial charge in [0, 0.05) is 30.6 Å². The third kappa shape index (κ3) is 4.85. The van der Waals surface area contributed by atoms with Gasteiger partial charge in [-0.1, -0.05) is 22.9 Å². The zero-order valence-corrected chi connectivity index (χ0v) is 19.1. The van der Waals surface area contributed by atoms with Crippen molar-refractivity contribution < 1.29 is 22.7 Å². The molecule has 0 aliphatic rings. The summed E-state index contributed by atoms with van der Waals surface area (Å²) in [7, 11) is 1.45. The third-order valence-electron chi connectivity index (χ3n) is 4.51. The van der Waals surface area contributed by atoms with E-state index in [4.69, 9.17) is 21.1 Å². The first-order valence-corrected chi connectivity index (χ1v) is 11.9. The summed E-state index contributed by atoms with van der Waals surface area (Å²) in [5.41, 5.74) is 0.856. The molecule has 1 amide bonds. The van der Waals surface area contributed by atoms with Gasteiger partial charge in [0.2, 0.25) is 5.91 Å². The Bertz CT molecular complexity index is 1240. The molecule has 0 spiro atoms. The van der Waals surface area contributed by atoms with Crippen LogP contribution in [0.2, 0.25) is 5.02 Å². The fourth-order valence-corrected chi connectivity index (χ4v) is 5.38. The number of hydrogen-bond donors (Lipinski definition) is 0. The quantitative estimate of drug-likeness (QED) is 0.528. The lowest BCUT2D eigenvalue weighted by molar-refractivity contribution is -0.118. The highest BCUT2D eigenvalue weighted by Crippen LogP contribution is 2.33. The van der Waals surface area contributed by atoms with Crippen LogP contribution in [-0.4, -0.2) is 38.9 Å². The molecule has 7 nitrogen and oxygen atoms in total. The molecule has 0 atom stereocenters. The van der Waals surface area contributed by atoms with Crippen LogP contribution in [0.5, 0.6) is 11.5 Å². The van der Waals surface area contributed by atoms with E-state index < -0.39 is 9.84 Å². The van der Waals surface area contributed by atoms with Crippen molar-refractivity contribution in [2.75, 3.05) is 20.0 Å². The maximum Gasteiger partial charge on any atom is 0.248 e. The van der Waals surface area contributed by atoms with Gasteiger partial charge in [0.25, 0.3) is 0 Å². The van der Waals surface area contributed by atoms with E-state index in [2.05, 4.69) is 4.99 Å². The topological polar surface area (TPSA) is 87.0 Å². The number of carbonyl (C=O) groups is 1. The van der Waals surface area contributed by atoms with Gasteiger partial charge in [-0.2, -0.15) is 4.99 Å². The van der Waals surface area contributed by atoms with Crippen LogP contribution in [0.3, 0.4) is 0 Å². The Morgan fingerprint density at radius 3 is 2.40 bits per heavy atom. The summed E-state index contributed by atoms with van der Waals surface area (Å²) in [4.78, 5) is 17.2. The Morgan fingerprint density at radius 1 is 1.13 bits per heavy atom. The van der Waals surface area contributed by atoms with Crippen LogP contribution in [0, 0.1) is 0 Å². The highest BCUT2D eigenvalue weighted by Gasteiger charge is 2.15. The van der Waals surface area contributed by atoms with Crippen LogP contribution in [-0.2, 0) is 21.7 Å². The van der Waals surface area contributed by atoms with Crippen molar-refractivity contribution in [2.24, 2.45) is 12.0 Å². The fourth-order valence-electron chi connectivity index (χ4n) is 2.90. The molecule has 0 aliphatic heterocycles. The standard InChI is InChI=1S/C20H21ClN2O5S2/c1-23-15-11-16(27-2)17(28-3)12-18(15)29-20(23)22-19(24)5-4-10-30(25,26)14-8-6-13(21)7-9-14/h6-9,11-12H,4-5,10H2,1-3H3. The van der Waals surface area contributed by atoms with Gasteiger partial charge in [-0.05, 0) is 30.7 Å². The zero-order chi connectivity index (χ0) is 21.9. The fraction of sp³-hybridized carbons (Fsp3) is 0.300. The molecule has 0 fully saturated rings. The zero-order valence-electron chi connectivity index (χ0n) is 16.7. The summed E-state index contributed by atoms with van der Waals surface area (Å²) in [5, 5.41) is 0.467. The number of ether oxygens (including phenoxy) is 2. The van der Waals surface area contributed by atoms with E-state index in [0.717, 1.165) is 10.2 Å². The summed E-state index contributed by atoms with van der Waals surface area (Å²) >= 11 is 7.14. The number of halogens is 1. The molecule has 0 N–H and O–H groups in total. The number of carbonyl (C=O) groups excluding carboxylic acids is 1. The molecule has 10 heteroatoms. The molecule has 1 aromatic heterocycles. The number of fused-ring (bicyclic) bond motifs is 1.